The highest BCUT2D eigenvalue weighted by atomic mass is 19.4. The highest BCUT2D eigenvalue weighted by molar-refractivity contribution is 5.91. The zero-order valence-corrected chi connectivity index (χ0v) is 18.5. The van der Waals surface area contributed by atoms with Crippen molar-refractivity contribution < 1.29 is 22.9 Å². The summed E-state index contributed by atoms with van der Waals surface area (Å²) in [7, 11) is 0. The number of carbonyl (C=O) groups is 1. The van der Waals surface area contributed by atoms with Gasteiger partial charge < -0.3 is 10.6 Å². The van der Waals surface area contributed by atoms with E-state index in [0.717, 1.165) is 62.9 Å². The fourth-order valence-corrected chi connectivity index (χ4v) is 3.48. The number of nitro benzene ring substituents is 1. The molecular formula is C24H30F3N3O3. The summed E-state index contributed by atoms with van der Waals surface area (Å²) in [5, 5.41) is 16.6. The first-order chi connectivity index (χ1) is 15.8. The number of para-hydroxylation sites is 1. The quantitative estimate of drug-likeness (QED) is 0.176. The van der Waals surface area contributed by atoms with Crippen molar-refractivity contribution >= 4 is 23.0 Å². The number of hydrogen-bond acceptors (Lipinski definition) is 4. The molecule has 33 heavy (non-hydrogen) atoms. The normalized spacial score (nSPS) is 11.2. The van der Waals surface area contributed by atoms with Gasteiger partial charge in [0.05, 0.1) is 4.92 Å². The molecule has 1 amide bonds. The van der Waals surface area contributed by atoms with Crippen molar-refractivity contribution in [2.24, 2.45) is 0 Å². The molecule has 2 aromatic rings. The fourth-order valence-electron chi connectivity index (χ4n) is 3.48. The Morgan fingerprint density at radius 3 is 2.06 bits per heavy atom. The first kappa shape index (κ1) is 26.2. The van der Waals surface area contributed by atoms with Crippen LogP contribution in [-0.4, -0.2) is 17.4 Å². The van der Waals surface area contributed by atoms with Crippen LogP contribution in [-0.2, 0) is 11.0 Å². The predicted octanol–water partition coefficient (Wildman–Crippen LogP) is 7.18. The van der Waals surface area contributed by atoms with Gasteiger partial charge in [-0.15, -0.1) is 0 Å². The maximum Gasteiger partial charge on any atom is 0.423 e. The Kier molecular flexibility index (Phi) is 10.7. The number of alkyl halides is 3. The zero-order chi connectivity index (χ0) is 24.1. The van der Waals surface area contributed by atoms with Crippen molar-refractivity contribution in [3.63, 3.8) is 0 Å². The summed E-state index contributed by atoms with van der Waals surface area (Å²) in [6.07, 6.45) is 3.52. The van der Waals surface area contributed by atoms with Crippen LogP contribution in [0, 0.1) is 10.1 Å². The number of benzene rings is 2. The second-order valence-corrected chi connectivity index (χ2v) is 7.91. The van der Waals surface area contributed by atoms with Crippen LogP contribution in [0.3, 0.4) is 0 Å². The molecule has 0 aliphatic carbocycles. The Morgan fingerprint density at radius 2 is 1.45 bits per heavy atom. The molecule has 0 aromatic heterocycles. The Labute approximate surface area is 191 Å². The number of unbranched alkanes of at least 4 members (excludes halogenated alkanes) is 7. The lowest BCUT2D eigenvalue weighted by Crippen LogP contribution is -2.14. The summed E-state index contributed by atoms with van der Waals surface area (Å²) in [6, 6.07) is 12.6. The van der Waals surface area contributed by atoms with Crippen LogP contribution in [0.2, 0.25) is 0 Å². The fraction of sp³-hybridized carbons (Fsp3) is 0.458. The standard InChI is InChI=1S/C24H30F3N3O3/c25-24(26,27)21-18-20(15-16-22(21)30(32)33)29-23(31)14-10-5-3-1-2-4-6-11-17-28-19-12-8-7-9-13-19/h7-9,12-13,15-16,18,28H,1-6,10-11,14,17H2,(H,29,31). The zero-order valence-electron chi connectivity index (χ0n) is 18.5. The Hall–Kier alpha value is -3.10. The van der Waals surface area contributed by atoms with Crippen molar-refractivity contribution in [3.05, 3.63) is 64.2 Å². The SMILES string of the molecule is O=C(CCCCCCCCCCNc1ccccc1)Nc1ccc([N+](=O)[O-])c(C(F)(F)F)c1. The van der Waals surface area contributed by atoms with Gasteiger partial charge in [0.25, 0.3) is 5.69 Å². The third kappa shape index (κ3) is 9.93. The lowest BCUT2D eigenvalue weighted by molar-refractivity contribution is -0.388. The predicted molar refractivity (Wildman–Crippen MR) is 123 cm³/mol. The van der Waals surface area contributed by atoms with E-state index in [4.69, 9.17) is 0 Å². The van der Waals surface area contributed by atoms with Crippen LogP contribution in [0.25, 0.3) is 0 Å². The molecule has 6 nitrogen and oxygen atoms in total. The van der Waals surface area contributed by atoms with Gasteiger partial charge in [-0.2, -0.15) is 13.2 Å². The van der Waals surface area contributed by atoms with Gasteiger partial charge in [0.15, 0.2) is 0 Å². The summed E-state index contributed by atoms with van der Waals surface area (Å²) in [5.41, 5.74) is -1.37. The van der Waals surface area contributed by atoms with E-state index < -0.39 is 28.3 Å². The molecule has 2 rings (SSSR count). The number of nitrogens with one attached hydrogen (secondary N) is 2. The molecule has 0 radical (unpaired) electrons. The Morgan fingerprint density at radius 1 is 0.848 bits per heavy atom. The van der Waals surface area contributed by atoms with E-state index in [2.05, 4.69) is 10.6 Å². The lowest BCUT2D eigenvalue weighted by Gasteiger charge is -2.10. The second kappa shape index (κ2) is 13.4. The number of nitro groups is 1. The average Bonchev–Trinajstić information content (AvgIpc) is 2.77. The van der Waals surface area contributed by atoms with Gasteiger partial charge in [-0.25, -0.2) is 0 Å². The number of anilines is 2. The number of carbonyl (C=O) groups excluding carboxylic acids is 1. The molecule has 0 atom stereocenters. The molecule has 0 saturated heterocycles. The molecule has 0 heterocycles. The first-order valence-corrected chi connectivity index (χ1v) is 11.2. The maximum absolute atomic E-state index is 13.0. The van der Waals surface area contributed by atoms with Crippen LogP contribution in [0.4, 0.5) is 30.2 Å². The number of halogens is 3. The van der Waals surface area contributed by atoms with E-state index in [1.54, 1.807) is 0 Å². The Balaban J connectivity index is 1.54. The van der Waals surface area contributed by atoms with Crippen molar-refractivity contribution in [3.8, 4) is 0 Å². The molecule has 0 aliphatic heterocycles. The third-order valence-electron chi connectivity index (χ3n) is 5.22. The van der Waals surface area contributed by atoms with E-state index in [1.165, 1.54) is 6.42 Å². The van der Waals surface area contributed by atoms with Gasteiger partial charge in [-0.1, -0.05) is 56.7 Å². The number of amides is 1. The van der Waals surface area contributed by atoms with Crippen LogP contribution in [0.15, 0.2) is 48.5 Å². The minimum atomic E-state index is -4.87. The molecule has 2 aromatic carbocycles. The molecule has 0 saturated carbocycles. The summed E-state index contributed by atoms with van der Waals surface area (Å²) in [4.78, 5) is 21.7. The molecule has 180 valence electrons. The molecule has 0 spiro atoms. The molecule has 0 unspecified atom stereocenters. The summed E-state index contributed by atoms with van der Waals surface area (Å²) in [5.74, 6) is -0.400. The topological polar surface area (TPSA) is 84.3 Å². The summed E-state index contributed by atoms with van der Waals surface area (Å²) in [6.45, 7) is 0.957. The summed E-state index contributed by atoms with van der Waals surface area (Å²) >= 11 is 0. The molecule has 0 fully saturated rings. The van der Waals surface area contributed by atoms with Crippen molar-refractivity contribution in [1.29, 1.82) is 0 Å². The van der Waals surface area contributed by atoms with Gasteiger partial charge in [0.2, 0.25) is 5.91 Å². The molecule has 0 bridgehead atoms. The van der Waals surface area contributed by atoms with Crippen LogP contribution in [0.5, 0.6) is 0 Å². The van der Waals surface area contributed by atoms with E-state index in [9.17, 15) is 28.1 Å². The van der Waals surface area contributed by atoms with Gasteiger partial charge in [0.1, 0.15) is 5.56 Å². The number of rotatable bonds is 14. The van der Waals surface area contributed by atoms with Crippen molar-refractivity contribution in [1.82, 2.24) is 0 Å². The van der Waals surface area contributed by atoms with E-state index >= 15 is 0 Å². The molecule has 9 heteroatoms. The van der Waals surface area contributed by atoms with Crippen molar-refractivity contribution in [2.45, 2.75) is 64.0 Å². The van der Waals surface area contributed by atoms with Gasteiger partial charge in [-0.3, -0.25) is 14.9 Å². The third-order valence-corrected chi connectivity index (χ3v) is 5.22. The average molecular weight is 466 g/mol. The molecular weight excluding hydrogens is 435 g/mol. The van der Waals surface area contributed by atoms with Gasteiger partial charge >= 0.3 is 6.18 Å². The van der Waals surface area contributed by atoms with Crippen LogP contribution < -0.4 is 10.6 Å². The first-order valence-electron chi connectivity index (χ1n) is 11.2. The molecule has 2 N–H and O–H groups in total. The monoisotopic (exact) mass is 465 g/mol. The van der Waals surface area contributed by atoms with E-state index in [-0.39, 0.29) is 12.1 Å². The van der Waals surface area contributed by atoms with E-state index in [0.29, 0.717) is 12.5 Å². The largest absolute Gasteiger partial charge is 0.423 e. The van der Waals surface area contributed by atoms with E-state index in [1.807, 2.05) is 30.3 Å². The molecule has 0 aliphatic rings. The number of nitrogens with zero attached hydrogens (tertiary/aromatic N) is 1. The van der Waals surface area contributed by atoms with Crippen molar-refractivity contribution in [2.75, 3.05) is 17.2 Å². The second-order valence-electron chi connectivity index (χ2n) is 7.91. The van der Waals surface area contributed by atoms with Gasteiger partial charge in [0, 0.05) is 30.4 Å². The minimum Gasteiger partial charge on any atom is -0.385 e. The van der Waals surface area contributed by atoms with Crippen LogP contribution >= 0.6 is 0 Å². The maximum atomic E-state index is 13.0. The number of hydrogen-bond donors (Lipinski definition) is 2. The van der Waals surface area contributed by atoms with Gasteiger partial charge in [-0.05, 0) is 37.1 Å². The van der Waals surface area contributed by atoms with Crippen LogP contribution in [0.1, 0.15) is 63.4 Å². The minimum absolute atomic E-state index is 0.0975. The Bertz CT molecular complexity index is 890. The highest BCUT2D eigenvalue weighted by Crippen LogP contribution is 2.37. The highest BCUT2D eigenvalue weighted by Gasteiger charge is 2.38. The summed E-state index contributed by atoms with van der Waals surface area (Å²) < 4.78 is 39.0. The lowest BCUT2D eigenvalue weighted by atomic mass is 10.1. The smallest absolute Gasteiger partial charge is 0.385 e.